The van der Waals surface area contributed by atoms with E-state index in [1.807, 2.05) is 0 Å². The Morgan fingerprint density at radius 2 is 0.345 bits per heavy atom. The van der Waals surface area contributed by atoms with Crippen molar-refractivity contribution < 1.29 is 174 Å². The Kier molecular flexibility index (Phi) is 92.6. The number of rotatable bonds is 94. The molecule has 0 saturated carbocycles. The van der Waals surface area contributed by atoms with Gasteiger partial charge in [-0.3, -0.25) is 0 Å². The molecule has 37 nitrogen and oxygen atoms in total. The van der Waals surface area contributed by atoms with Gasteiger partial charge in [-0.1, -0.05) is 6.58 Å². The number of esters is 1. The van der Waals surface area contributed by atoms with Gasteiger partial charge in [-0.05, 0) is 340 Å². The second-order valence-electron chi connectivity index (χ2n) is 44.6. The molecule has 52 heteroatoms. The summed E-state index contributed by atoms with van der Waals surface area (Å²) >= 11 is 0. The van der Waals surface area contributed by atoms with Gasteiger partial charge in [0, 0.05) is 78.2 Å². The molecular formula is C93H222O37Si15. The van der Waals surface area contributed by atoms with Crippen molar-refractivity contribution in [2.75, 3.05) is 225 Å². The van der Waals surface area contributed by atoms with Crippen molar-refractivity contribution in [1.29, 1.82) is 0 Å². The topological polar surface area (TPSA) is 503 Å². The van der Waals surface area contributed by atoms with Crippen LogP contribution in [0.1, 0.15) is 84.0 Å². The van der Waals surface area contributed by atoms with Crippen LogP contribution in [0, 0.1) is 0 Å². The summed E-state index contributed by atoms with van der Waals surface area (Å²) in [6.07, 6.45) is 8.33. The van der Waals surface area contributed by atoms with Crippen molar-refractivity contribution in [2.45, 2.75) is 358 Å². The molecule has 876 valence electrons. The maximum Gasteiger partial charge on any atom is 0.333 e. The van der Waals surface area contributed by atoms with Gasteiger partial charge in [0.25, 0.3) is 0 Å². The summed E-state index contributed by atoms with van der Waals surface area (Å²) in [4.78, 5) is 11.7. The third-order valence-electron chi connectivity index (χ3n) is 21.6. The average Bonchev–Trinajstić information content (AvgIpc) is 0.832. The summed E-state index contributed by atoms with van der Waals surface area (Å²) in [7, 11) is -30.4. The Morgan fingerprint density at radius 1 is 0.207 bits per heavy atom. The molecule has 0 aliphatic heterocycles. The third kappa shape index (κ3) is 103. The van der Waals surface area contributed by atoms with Crippen molar-refractivity contribution in [2.24, 2.45) is 0 Å². The van der Waals surface area contributed by atoms with E-state index in [2.05, 4.69) is 190 Å². The van der Waals surface area contributed by atoms with E-state index >= 15 is 0 Å². The maximum absolute atomic E-state index is 11.7. The molecule has 0 aromatic carbocycles. The molecule has 145 heavy (non-hydrogen) atoms. The van der Waals surface area contributed by atoms with Gasteiger partial charge in [0.05, 0.1) is 152 Å². The Morgan fingerprint density at radius 3 is 0.490 bits per heavy atom. The first-order valence-corrected chi connectivity index (χ1v) is 97.8. The van der Waals surface area contributed by atoms with Crippen molar-refractivity contribution in [1.82, 2.24) is 0 Å². The van der Waals surface area contributed by atoms with Gasteiger partial charge >= 0.3 is 48.8 Å². The highest BCUT2D eigenvalue weighted by Gasteiger charge is 2.46. The lowest BCUT2D eigenvalue weighted by atomic mass is 10.4. The predicted molar refractivity (Wildman–Crippen MR) is 615 cm³/mol. The summed E-state index contributed by atoms with van der Waals surface area (Å²) in [5, 5.41) is 125. The second kappa shape index (κ2) is 87.0. The lowest BCUT2D eigenvalue weighted by Crippen LogP contribution is -2.53. The minimum absolute atomic E-state index is 0.0256. The van der Waals surface area contributed by atoms with Gasteiger partial charge in [-0.15, -0.1) is 0 Å². The minimum atomic E-state index is -2.38. The van der Waals surface area contributed by atoms with E-state index in [0.29, 0.717) is 138 Å². The standard InChI is InChI=1S/C22H48O8Si3.C20H48O8Si3.C18H44O8Si3.C17H42O7Si3.C16H40O6Si3/c1-21(2)22(25)28-15-10-20-33(7,19-9-14-27-17-12-24)30-32(5,6)29-31(3,4)18-8-13-26-16-11-23;1-29(2,18-6-12-24-15-9-21)27-30(3,4)28-31(5,19-7-13-25-16-10-22)20-8-14-26-17-11-23;1-27(2,11-7-9-23-15-17(21)13-19)25-29(5,6)26-28(3,4)12-8-10-24-16-18(22)14-20;1-25(2,13-7-10-21-12-9-18)23-27(5,6)24-26(3,4)14-8-11-22-16-17(20)15-19;1-23(2,15-7-11-19-13-9-17)21-25(5,6)22-24(3,4)16-8-12-20-14-10-18/h23-24H,1,8-20H2,2-7H3;21-23H,6-20H2,1-5H3;17-22H,7-16H2,1-6H3;17-20H,7-16H2,1-6H3;17-18H,7-16H2,1-6H3. The normalized spacial score (nSPS) is 14.2. The number of carbonyl (C=O) groups is 1. The van der Waals surface area contributed by atoms with Crippen LogP contribution in [0.15, 0.2) is 12.2 Å². The number of aliphatic hydroxyl groups excluding tert-OH is 14. The molecule has 0 amide bonds. The van der Waals surface area contributed by atoms with Crippen LogP contribution < -0.4 is 0 Å². The monoisotopic (exact) mass is 2350 g/mol. The van der Waals surface area contributed by atoms with Gasteiger partial charge in [-0.25, -0.2) is 4.79 Å². The average molecular weight is 2350 g/mol. The smallest absolute Gasteiger partial charge is 0.333 e. The SMILES string of the molecule is C=C(C)C(=O)OCCC[Si](C)(CCCOCCO)O[Si](C)(C)O[Si](C)(C)CCCOCCO.C[Si](C)(CCCOCC(O)CO)O[Si](C)(C)O[Si](C)(C)CCCOCC(O)CO.C[Si](C)(CCCOCCO)O[Si](C)(C)O[Si](C)(C)CCCOCC(O)CO.C[Si](C)(CCCOCCO)O[Si](C)(C)O[Si](C)(C)CCCOCCO.C[Si](C)(CCCOCCO)O[Si](C)(C)O[Si](C)(CCCOCCO)CCCOCCO. The number of hydrogen-bond acceptors (Lipinski definition) is 37. The van der Waals surface area contributed by atoms with E-state index in [0.717, 1.165) is 150 Å². The number of hydrogen-bond donors (Lipinski definition) is 14. The predicted octanol–water partition coefficient (Wildman–Crippen LogP) is 13.4. The van der Waals surface area contributed by atoms with E-state index in [1.54, 1.807) is 6.92 Å². The lowest BCUT2D eigenvalue weighted by molar-refractivity contribution is -0.139. The van der Waals surface area contributed by atoms with E-state index in [1.165, 1.54) is 0 Å². The van der Waals surface area contributed by atoms with Crippen LogP contribution in [0.2, 0.25) is 256 Å². The Bertz CT molecular complexity index is 2930. The first-order chi connectivity index (χ1) is 67.2. The van der Waals surface area contributed by atoms with E-state index in [9.17, 15) is 20.1 Å². The molecule has 0 aromatic heterocycles. The van der Waals surface area contributed by atoms with Crippen LogP contribution in [0.3, 0.4) is 0 Å². The summed E-state index contributed by atoms with van der Waals surface area (Å²) in [6.45, 7) is 77.0. The molecule has 0 aliphatic carbocycles. The summed E-state index contributed by atoms with van der Waals surface area (Å²) in [5.74, 6) is -0.356. The second-order valence-corrected chi connectivity index (χ2v) is 107. The lowest BCUT2D eigenvalue weighted by Gasteiger charge is -2.40. The molecule has 0 heterocycles. The molecule has 0 spiro atoms. The van der Waals surface area contributed by atoms with Crippen molar-refractivity contribution in [3.05, 3.63) is 12.2 Å². The molecule has 0 aromatic rings. The highest BCUT2D eigenvalue weighted by atomic mass is 28.5. The molecule has 4 atom stereocenters. The molecule has 4 unspecified atom stereocenters. The quantitative estimate of drug-likeness (QED) is 0.0116. The molecule has 0 radical (unpaired) electrons. The van der Waals surface area contributed by atoms with Crippen molar-refractivity contribution in [3.8, 4) is 0 Å². The number of aliphatic hydroxyl groups is 14. The van der Waals surface area contributed by atoms with E-state index in [-0.39, 0.29) is 98.5 Å². The number of ether oxygens (including phenoxy) is 12. The summed E-state index contributed by atoms with van der Waals surface area (Å²) in [5.41, 5.74) is 0.406. The molecule has 0 aliphatic rings. The highest BCUT2D eigenvalue weighted by Crippen LogP contribution is 2.35. The first kappa shape index (κ1) is 154. The van der Waals surface area contributed by atoms with Crippen LogP contribution in [-0.2, 0) is 103 Å². The van der Waals surface area contributed by atoms with E-state index in [4.69, 9.17) is 154 Å². The van der Waals surface area contributed by atoms with Crippen molar-refractivity contribution >= 4 is 132 Å². The zero-order valence-electron chi connectivity index (χ0n) is 96.6. The maximum atomic E-state index is 11.7. The molecule has 0 saturated heterocycles. The zero-order chi connectivity index (χ0) is 112. The Labute approximate surface area is 895 Å². The van der Waals surface area contributed by atoms with Crippen LogP contribution in [0.4, 0.5) is 0 Å². The summed E-state index contributed by atoms with van der Waals surface area (Å²) < 4.78 is 131. The molecule has 14 N–H and O–H groups in total. The molecule has 0 bridgehead atoms. The first-order valence-electron chi connectivity index (χ1n) is 53.2. The van der Waals surface area contributed by atoms with Crippen LogP contribution in [0.25, 0.3) is 0 Å². The Hall–Kier alpha value is 1.06. The van der Waals surface area contributed by atoms with Gasteiger partial charge in [0.2, 0.25) is 0 Å². The summed E-state index contributed by atoms with van der Waals surface area (Å²) in [6, 6.07) is 11.7. The molecule has 0 rings (SSSR count). The van der Waals surface area contributed by atoms with E-state index < -0.39 is 144 Å². The van der Waals surface area contributed by atoms with Crippen LogP contribution in [0.5, 0.6) is 0 Å². The van der Waals surface area contributed by atoms with Crippen LogP contribution >= 0.6 is 0 Å². The van der Waals surface area contributed by atoms with Gasteiger partial charge < -0.3 is 169 Å². The van der Waals surface area contributed by atoms with Gasteiger partial charge in [0.1, 0.15) is 18.3 Å². The van der Waals surface area contributed by atoms with Gasteiger partial charge in [-0.2, -0.15) is 0 Å². The fourth-order valence-corrected chi connectivity index (χ4v) is 88.5. The van der Waals surface area contributed by atoms with Crippen molar-refractivity contribution in [3.63, 3.8) is 0 Å². The zero-order valence-corrected chi connectivity index (χ0v) is 112. The minimum Gasteiger partial charge on any atom is -0.462 e. The third-order valence-corrected chi connectivity index (χ3v) is 81.0. The van der Waals surface area contributed by atoms with Crippen LogP contribution in [-0.4, -0.2) is 446 Å². The largest absolute Gasteiger partial charge is 0.462 e. The van der Waals surface area contributed by atoms with Gasteiger partial charge in [0.15, 0.2) is 83.2 Å². The Balaban J connectivity index is -0.000000565. The molecule has 0 fully saturated rings. The number of carbonyl (C=O) groups excluding carboxylic acids is 1. The fourth-order valence-electron chi connectivity index (χ4n) is 16.8. The highest BCUT2D eigenvalue weighted by molar-refractivity contribution is 6.91. The molecular weight excluding hydrogens is 2130 g/mol. The fraction of sp³-hybridized carbons (Fsp3) is 0.968.